The average Bonchev–Trinajstić information content (AvgIpc) is 3.01. The van der Waals surface area contributed by atoms with E-state index in [1.165, 1.54) is 24.8 Å². The van der Waals surface area contributed by atoms with Gasteiger partial charge in [-0.3, -0.25) is 0 Å². The molecule has 15 heavy (non-hydrogen) atoms. The summed E-state index contributed by atoms with van der Waals surface area (Å²) in [5.74, 6) is 0.943. The van der Waals surface area contributed by atoms with Crippen molar-refractivity contribution >= 4 is 5.69 Å². The molecule has 2 rings (SSSR count). The largest absolute Gasteiger partial charge is 0.399 e. The van der Waals surface area contributed by atoms with Gasteiger partial charge in [-0.25, -0.2) is 0 Å². The van der Waals surface area contributed by atoms with E-state index in [4.69, 9.17) is 10.5 Å². The molecular weight excluding hydrogens is 186 g/mol. The first-order valence-electron chi connectivity index (χ1n) is 5.73. The van der Waals surface area contributed by atoms with Crippen LogP contribution in [0.5, 0.6) is 0 Å². The van der Waals surface area contributed by atoms with Gasteiger partial charge < -0.3 is 10.5 Å². The molecule has 1 aliphatic carbocycles. The Hall–Kier alpha value is -1.02. The van der Waals surface area contributed by atoms with Crippen molar-refractivity contribution in [2.24, 2.45) is 5.92 Å². The van der Waals surface area contributed by atoms with Crippen molar-refractivity contribution < 1.29 is 4.74 Å². The van der Waals surface area contributed by atoms with Crippen LogP contribution >= 0.6 is 0 Å². The fraction of sp³-hybridized carbons (Fsp3) is 0.538. The van der Waals surface area contributed by atoms with Gasteiger partial charge >= 0.3 is 0 Å². The number of hydrogen-bond acceptors (Lipinski definition) is 2. The Bertz CT molecular complexity index is 320. The zero-order valence-electron chi connectivity index (χ0n) is 9.28. The van der Waals surface area contributed by atoms with Crippen LogP contribution in [0, 0.1) is 5.92 Å². The molecule has 0 heterocycles. The first kappa shape index (κ1) is 10.5. The van der Waals surface area contributed by atoms with Gasteiger partial charge in [0.15, 0.2) is 0 Å². The number of rotatable bonds is 5. The summed E-state index contributed by atoms with van der Waals surface area (Å²) in [6, 6.07) is 7.94. The Labute approximate surface area is 91.4 Å². The zero-order chi connectivity index (χ0) is 10.7. The number of anilines is 1. The molecule has 2 N–H and O–H groups in total. The summed E-state index contributed by atoms with van der Waals surface area (Å²) < 4.78 is 5.78. The van der Waals surface area contributed by atoms with Crippen molar-refractivity contribution in [1.82, 2.24) is 0 Å². The van der Waals surface area contributed by atoms with Crippen molar-refractivity contribution in [3.05, 3.63) is 29.8 Å². The Morgan fingerprint density at radius 1 is 1.47 bits per heavy atom. The van der Waals surface area contributed by atoms with Crippen molar-refractivity contribution in [2.75, 3.05) is 12.3 Å². The summed E-state index contributed by atoms with van der Waals surface area (Å²) in [6.07, 6.45) is 4.17. The Morgan fingerprint density at radius 2 is 2.27 bits per heavy atom. The van der Waals surface area contributed by atoms with Crippen molar-refractivity contribution in [3.63, 3.8) is 0 Å². The van der Waals surface area contributed by atoms with Crippen molar-refractivity contribution in [2.45, 2.75) is 32.3 Å². The van der Waals surface area contributed by atoms with E-state index in [1.54, 1.807) is 0 Å². The van der Waals surface area contributed by atoms with Gasteiger partial charge in [-0.1, -0.05) is 25.0 Å². The second-order valence-electron chi connectivity index (χ2n) is 4.42. The fourth-order valence-electron chi connectivity index (χ4n) is 1.73. The maximum atomic E-state index is 5.78. The predicted octanol–water partition coefficient (Wildman–Crippen LogP) is 3.15. The molecule has 1 aromatic rings. The second kappa shape index (κ2) is 4.67. The Kier molecular flexibility index (Phi) is 3.27. The van der Waals surface area contributed by atoms with E-state index in [0.717, 1.165) is 18.2 Å². The van der Waals surface area contributed by atoms with Crippen LogP contribution in [-0.2, 0) is 4.74 Å². The summed E-state index contributed by atoms with van der Waals surface area (Å²) in [7, 11) is 0. The van der Waals surface area contributed by atoms with E-state index in [2.05, 4.69) is 13.0 Å². The zero-order valence-corrected chi connectivity index (χ0v) is 9.28. The molecule has 0 aliphatic heterocycles. The number of benzene rings is 1. The second-order valence-corrected chi connectivity index (χ2v) is 4.42. The molecule has 0 saturated heterocycles. The lowest BCUT2D eigenvalue weighted by atomic mass is 10.1. The van der Waals surface area contributed by atoms with E-state index in [1.807, 2.05) is 18.2 Å². The molecule has 82 valence electrons. The van der Waals surface area contributed by atoms with E-state index in [9.17, 15) is 0 Å². The van der Waals surface area contributed by atoms with Gasteiger partial charge in [0.25, 0.3) is 0 Å². The van der Waals surface area contributed by atoms with Crippen LogP contribution in [0.15, 0.2) is 24.3 Å². The third kappa shape index (κ3) is 3.24. The smallest absolute Gasteiger partial charge is 0.0797 e. The third-order valence-electron chi connectivity index (χ3n) is 2.97. The van der Waals surface area contributed by atoms with E-state index >= 15 is 0 Å². The average molecular weight is 205 g/mol. The lowest BCUT2D eigenvalue weighted by Crippen LogP contribution is -2.02. The molecule has 1 aromatic carbocycles. The molecule has 0 bridgehead atoms. The standard InChI is InChI=1S/C13H19NO/c1-10(15-8-7-11-5-6-11)12-3-2-4-13(14)9-12/h2-4,9-11H,5-8,14H2,1H3. The quantitative estimate of drug-likeness (QED) is 0.749. The summed E-state index contributed by atoms with van der Waals surface area (Å²) in [6.45, 7) is 2.96. The number of nitrogen functional groups attached to an aromatic ring is 1. The van der Waals surface area contributed by atoms with Gasteiger partial charge in [0.2, 0.25) is 0 Å². The molecule has 0 aromatic heterocycles. The molecule has 1 atom stereocenters. The summed E-state index contributed by atoms with van der Waals surface area (Å²) >= 11 is 0. The Morgan fingerprint density at radius 3 is 2.93 bits per heavy atom. The van der Waals surface area contributed by atoms with Crippen molar-refractivity contribution in [1.29, 1.82) is 0 Å². The highest BCUT2D eigenvalue weighted by molar-refractivity contribution is 5.41. The summed E-state index contributed by atoms with van der Waals surface area (Å²) in [5.41, 5.74) is 7.71. The van der Waals surface area contributed by atoms with Crippen LogP contribution in [0.25, 0.3) is 0 Å². The first-order valence-corrected chi connectivity index (χ1v) is 5.73. The van der Waals surface area contributed by atoms with Gasteiger partial charge in [-0.2, -0.15) is 0 Å². The molecule has 1 aliphatic rings. The highest BCUT2D eigenvalue weighted by Gasteiger charge is 2.20. The molecule has 2 nitrogen and oxygen atoms in total. The molecule has 1 saturated carbocycles. The molecule has 0 amide bonds. The number of hydrogen-bond donors (Lipinski definition) is 1. The van der Waals surface area contributed by atoms with E-state index in [0.29, 0.717) is 0 Å². The molecular formula is C13H19NO. The minimum atomic E-state index is 0.159. The van der Waals surface area contributed by atoms with Crippen LogP contribution < -0.4 is 5.73 Å². The topological polar surface area (TPSA) is 35.2 Å². The molecule has 0 radical (unpaired) electrons. The summed E-state index contributed by atoms with van der Waals surface area (Å²) in [4.78, 5) is 0. The maximum absolute atomic E-state index is 5.78. The van der Waals surface area contributed by atoms with Gasteiger partial charge in [0, 0.05) is 12.3 Å². The highest BCUT2D eigenvalue weighted by atomic mass is 16.5. The minimum Gasteiger partial charge on any atom is -0.399 e. The van der Waals surface area contributed by atoms with Crippen LogP contribution in [-0.4, -0.2) is 6.61 Å². The molecule has 1 fully saturated rings. The van der Waals surface area contributed by atoms with E-state index in [-0.39, 0.29) is 6.10 Å². The van der Waals surface area contributed by atoms with E-state index < -0.39 is 0 Å². The van der Waals surface area contributed by atoms with Crippen LogP contribution in [0.2, 0.25) is 0 Å². The van der Waals surface area contributed by atoms with Crippen LogP contribution in [0.4, 0.5) is 5.69 Å². The predicted molar refractivity (Wildman–Crippen MR) is 62.6 cm³/mol. The minimum absolute atomic E-state index is 0.159. The fourth-order valence-corrected chi connectivity index (χ4v) is 1.73. The van der Waals surface area contributed by atoms with Gasteiger partial charge in [-0.05, 0) is 37.0 Å². The lowest BCUT2D eigenvalue weighted by molar-refractivity contribution is 0.0615. The molecule has 1 unspecified atom stereocenters. The maximum Gasteiger partial charge on any atom is 0.0797 e. The number of ether oxygens (including phenoxy) is 1. The normalized spacial score (nSPS) is 17.7. The summed E-state index contributed by atoms with van der Waals surface area (Å²) in [5, 5.41) is 0. The highest BCUT2D eigenvalue weighted by Crippen LogP contribution is 2.32. The third-order valence-corrected chi connectivity index (χ3v) is 2.97. The van der Waals surface area contributed by atoms with Crippen LogP contribution in [0.1, 0.15) is 37.9 Å². The molecule has 2 heteroatoms. The van der Waals surface area contributed by atoms with Gasteiger partial charge in [0.05, 0.1) is 6.10 Å². The Balaban J connectivity index is 1.80. The first-order chi connectivity index (χ1) is 7.25. The van der Waals surface area contributed by atoms with Gasteiger partial charge in [0.1, 0.15) is 0 Å². The SMILES string of the molecule is CC(OCCC1CC1)c1cccc(N)c1. The lowest BCUT2D eigenvalue weighted by Gasteiger charge is -2.13. The van der Waals surface area contributed by atoms with Crippen molar-refractivity contribution in [3.8, 4) is 0 Å². The van der Waals surface area contributed by atoms with Crippen LogP contribution in [0.3, 0.4) is 0 Å². The monoisotopic (exact) mass is 205 g/mol. The number of nitrogens with two attached hydrogens (primary N) is 1. The molecule has 0 spiro atoms. The van der Waals surface area contributed by atoms with Gasteiger partial charge in [-0.15, -0.1) is 0 Å².